The van der Waals surface area contributed by atoms with Crippen LogP contribution in [0.1, 0.15) is 17.4 Å². The molecule has 0 spiro atoms. The Morgan fingerprint density at radius 3 is 2.70 bits per heavy atom. The molecular weight excluding hydrogens is 290 g/mol. The van der Waals surface area contributed by atoms with E-state index in [-0.39, 0.29) is 0 Å². The summed E-state index contributed by atoms with van der Waals surface area (Å²) < 4.78 is 0. The van der Waals surface area contributed by atoms with E-state index < -0.39 is 0 Å². The van der Waals surface area contributed by atoms with Crippen molar-refractivity contribution in [2.75, 3.05) is 5.32 Å². The Bertz CT molecular complexity index is 722. The number of hydrogen-bond donors (Lipinski definition) is 1. The molecule has 0 fully saturated rings. The van der Waals surface area contributed by atoms with Gasteiger partial charge in [-0.05, 0) is 30.2 Å². The summed E-state index contributed by atoms with van der Waals surface area (Å²) in [4.78, 5) is 11.0. The zero-order chi connectivity index (χ0) is 13.9. The number of alkyl halides is 1. The van der Waals surface area contributed by atoms with E-state index in [4.69, 9.17) is 11.6 Å². The van der Waals surface area contributed by atoms with Crippen molar-refractivity contribution in [3.63, 3.8) is 0 Å². The minimum Gasteiger partial charge on any atom is -0.340 e. The van der Waals surface area contributed by atoms with Crippen molar-refractivity contribution in [1.82, 2.24) is 9.97 Å². The molecule has 0 radical (unpaired) electrons. The van der Waals surface area contributed by atoms with E-state index in [1.165, 1.54) is 4.88 Å². The lowest BCUT2D eigenvalue weighted by Crippen LogP contribution is -1.94. The van der Waals surface area contributed by atoms with Gasteiger partial charge >= 0.3 is 0 Å². The lowest BCUT2D eigenvalue weighted by molar-refractivity contribution is 1.19. The van der Waals surface area contributed by atoms with Gasteiger partial charge < -0.3 is 5.32 Å². The van der Waals surface area contributed by atoms with Crippen LogP contribution in [0.5, 0.6) is 0 Å². The van der Waals surface area contributed by atoms with Gasteiger partial charge in [0.05, 0.1) is 5.39 Å². The Hall–Kier alpha value is -1.65. The second-order valence-electron chi connectivity index (χ2n) is 4.46. The first kappa shape index (κ1) is 13.3. The van der Waals surface area contributed by atoms with E-state index in [1.807, 2.05) is 24.3 Å². The van der Waals surface area contributed by atoms with Gasteiger partial charge in [0.15, 0.2) is 0 Å². The van der Waals surface area contributed by atoms with E-state index in [0.717, 1.165) is 33.7 Å². The Balaban J connectivity index is 1.94. The quantitative estimate of drug-likeness (QED) is 0.708. The number of rotatable bonds is 4. The van der Waals surface area contributed by atoms with Crippen LogP contribution in [0.2, 0.25) is 0 Å². The fourth-order valence-corrected chi connectivity index (χ4v) is 3.11. The molecule has 0 saturated heterocycles. The fourth-order valence-electron chi connectivity index (χ4n) is 1.99. The Morgan fingerprint density at radius 1 is 1.20 bits per heavy atom. The summed E-state index contributed by atoms with van der Waals surface area (Å²) in [5.41, 5.74) is 2.11. The number of thiophene rings is 1. The number of anilines is 2. The zero-order valence-corrected chi connectivity index (χ0v) is 12.6. The van der Waals surface area contributed by atoms with Crippen molar-refractivity contribution in [2.45, 2.75) is 19.2 Å². The van der Waals surface area contributed by atoms with Gasteiger partial charge in [0, 0.05) is 16.4 Å². The summed E-state index contributed by atoms with van der Waals surface area (Å²) in [6.07, 6.45) is 2.62. The highest BCUT2D eigenvalue weighted by molar-refractivity contribution is 7.18. The highest BCUT2D eigenvalue weighted by atomic mass is 35.5. The molecule has 0 aliphatic carbocycles. The summed E-state index contributed by atoms with van der Waals surface area (Å²) in [5, 5.41) is 4.43. The summed E-state index contributed by atoms with van der Waals surface area (Å²) in [6, 6.07) is 10.2. The highest BCUT2D eigenvalue weighted by Crippen LogP contribution is 2.30. The van der Waals surface area contributed by atoms with Crippen molar-refractivity contribution in [2.24, 2.45) is 0 Å². The van der Waals surface area contributed by atoms with E-state index in [2.05, 4.69) is 28.3 Å². The molecule has 1 aromatic carbocycles. The van der Waals surface area contributed by atoms with Crippen LogP contribution in [0.3, 0.4) is 0 Å². The molecule has 2 aromatic heterocycles. The third-order valence-corrected chi connectivity index (χ3v) is 4.60. The van der Waals surface area contributed by atoms with E-state index in [9.17, 15) is 0 Å². The second kappa shape index (κ2) is 5.77. The molecule has 3 rings (SSSR count). The summed E-state index contributed by atoms with van der Waals surface area (Å²) >= 11 is 7.52. The second-order valence-corrected chi connectivity index (χ2v) is 5.85. The lowest BCUT2D eigenvalue weighted by Gasteiger charge is -2.06. The van der Waals surface area contributed by atoms with Gasteiger partial charge in [-0.3, -0.25) is 0 Å². The minimum absolute atomic E-state index is 0.530. The van der Waals surface area contributed by atoms with Crippen LogP contribution in [-0.2, 0) is 12.3 Å². The predicted molar refractivity (Wildman–Crippen MR) is 86.1 cm³/mol. The average Bonchev–Trinajstić information content (AvgIpc) is 2.92. The third kappa shape index (κ3) is 2.62. The highest BCUT2D eigenvalue weighted by Gasteiger charge is 2.08. The first-order valence-electron chi connectivity index (χ1n) is 6.45. The van der Waals surface area contributed by atoms with Crippen molar-refractivity contribution < 1.29 is 0 Å². The lowest BCUT2D eigenvalue weighted by atomic mass is 10.2. The molecule has 5 heteroatoms. The fraction of sp³-hybridized carbons (Fsp3) is 0.200. The smallest absolute Gasteiger partial charge is 0.142 e. The van der Waals surface area contributed by atoms with Crippen molar-refractivity contribution >= 4 is 44.7 Å². The van der Waals surface area contributed by atoms with Gasteiger partial charge in [-0.1, -0.05) is 19.1 Å². The number of halogens is 1. The number of aryl methyl sites for hydroxylation is 1. The summed E-state index contributed by atoms with van der Waals surface area (Å²) in [7, 11) is 0. The normalized spacial score (nSPS) is 10.9. The first-order chi connectivity index (χ1) is 9.80. The third-order valence-electron chi connectivity index (χ3n) is 3.10. The standard InChI is InChI=1S/C15H14ClN3S/c1-2-12-7-13-14(17-9-18-15(13)20-12)19-11-5-3-10(8-16)4-6-11/h3-7,9H,2,8H2,1H3,(H,17,18,19). The molecule has 2 heterocycles. The zero-order valence-electron chi connectivity index (χ0n) is 11.1. The molecular formula is C15H14ClN3S. The first-order valence-corrected chi connectivity index (χ1v) is 7.80. The molecule has 3 nitrogen and oxygen atoms in total. The van der Waals surface area contributed by atoms with E-state index in [0.29, 0.717) is 5.88 Å². The number of nitrogens with one attached hydrogen (secondary N) is 1. The molecule has 0 aliphatic rings. The summed E-state index contributed by atoms with van der Waals surface area (Å²) in [6.45, 7) is 2.15. The molecule has 0 unspecified atom stereocenters. The molecule has 0 amide bonds. The van der Waals surface area contributed by atoms with Gasteiger partial charge in [0.2, 0.25) is 0 Å². The van der Waals surface area contributed by atoms with Crippen LogP contribution in [0.25, 0.3) is 10.2 Å². The van der Waals surface area contributed by atoms with Gasteiger partial charge in [0.1, 0.15) is 17.0 Å². The van der Waals surface area contributed by atoms with Crippen LogP contribution < -0.4 is 5.32 Å². The number of aromatic nitrogens is 2. The van der Waals surface area contributed by atoms with Gasteiger partial charge in [-0.15, -0.1) is 22.9 Å². The molecule has 20 heavy (non-hydrogen) atoms. The van der Waals surface area contributed by atoms with Gasteiger partial charge in [-0.25, -0.2) is 9.97 Å². The molecule has 0 bridgehead atoms. The molecule has 102 valence electrons. The maximum absolute atomic E-state index is 5.80. The summed E-state index contributed by atoms with van der Waals surface area (Å²) in [5.74, 6) is 1.38. The van der Waals surface area contributed by atoms with Crippen molar-refractivity contribution in [1.29, 1.82) is 0 Å². The Labute approximate surface area is 126 Å². The Kier molecular flexibility index (Phi) is 3.85. The van der Waals surface area contributed by atoms with Crippen molar-refractivity contribution in [3.8, 4) is 0 Å². The van der Waals surface area contributed by atoms with Crippen molar-refractivity contribution in [3.05, 3.63) is 47.1 Å². The Morgan fingerprint density at radius 2 is 2.00 bits per heavy atom. The number of fused-ring (bicyclic) bond motifs is 1. The predicted octanol–water partition coefficient (Wildman–Crippen LogP) is 4.74. The van der Waals surface area contributed by atoms with Crippen LogP contribution >= 0.6 is 22.9 Å². The van der Waals surface area contributed by atoms with E-state index >= 15 is 0 Å². The molecule has 3 aromatic rings. The average molecular weight is 304 g/mol. The minimum atomic E-state index is 0.530. The maximum atomic E-state index is 5.80. The molecule has 0 atom stereocenters. The molecule has 0 saturated carbocycles. The number of benzene rings is 1. The SMILES string of the molecule is CCc1cc2c(Nc3ccc(CCl)cc3)ncnc2s1. The molecule has 1 N–H and O–H groups in total. The maximum Gasteiger partial charge on any atom is 0.142 e. The van der Waals surface area contributed by atoms with Crippen LogP contribution in [0.15, 0.2) is 36.7 Å². The largest absolute Gasteiger partial charge is 0.340 e. The van der Waals surface area contributed by atoms with E-state index in [1.54, 1.807) is 17.7 Å². The van der Waals surface area contributed by atoms with Gasteiger partial charge in [-0.2, -0.15) is 0 Å². The van der Waals surface area contributed by atoms with Crippen LogP contribution in [0, 0.1) is 0 Å². The van der Waals surface area contributed by atoms with Crippen LogP contribution in [-0.4, -0.2) is 9.97 Å². The number of nitrogens with zero attached hydrogens (tertiary/aromatic N) is 2. The van der Waals surface area contributed by atoms with Crippen LogP contribution in [0.4, 0.5) is 11.5 Å². The monoisotopic (exact) mass is 303 g/mol. The molecule has 0 aliphatic heterocycles. The number of hydrogen-bond acceptors (Lipinski definition) is 4. The topological polar surface area (TPSA) is 37.8 Å². The van der Waals surface area contributed by atoms with Gasteiger partial charge in [0.25, 0.3) is 0 Å².